The zero-order chi connectivity index (χ0) is 50.3. The van der Waals surface area contributed by atoms with Crippen molar-refractivity contribution in [3.8, 4) is 89.3 Å². The first kappa shape index (κ1) is 50.1. The molecule has 0 aliphatic heterocycles. The van der Waals surface area contributed by atoms with Gasteiger partial charge in [-0.25, -0.2) is 0 Å². The Morgan fingerprint density at radius 3 is 0.750 bits per heavy atom. The molecule has 0 saturated carbocycles. The van der Waals surface area contributed by atoms with Crippen LogP contribution in [0.2, 0.25) is 0 Å². The molecule has 3 atom stereocenters. The van der Waals surface area contributed by atoms with Gasteiger partial charge >= 0.3 is 0 Å². The Balaban J connectivity index is 1.51. The molecule has 0 saturated heterocycles. The molecule has 7 aromatic carbocycles. The minimum absolute atomic E-state index is 0.0692. The molecule has 0 radical (unpaired) electrons. The molecule has 0 fully saturated rings. The lowest BCUT2D eigenvalue weighted by molar-refractivity contribution is 0.0925. The average Bonchev–Trinajstić information content (AvgIpc) is 3.44. The van der Waals surface area contributed by atoms with Crippen molar-refractivity contribution >= 4 is 0 Å². The van der Waals surface area contributed by atoms with Crippen LogP contribution < -0.4 is 0 Å². The van der Waals surface area contributed by atoms with E-state index in [0.717, 1.165) is 16.7 Å². The van der Waals surface area contributed by atoms with Gasteiger partial charge in [-0.05, 0) is 110 Å². The predicted octanol–water partition coefficient (Wildman–Crippen LogP) is 11.9. The monoisotopic (exact) mass is 927 g/mol. The van der Waals surface area contributed by atoms with Crippen molar-refractivity contribution in [3.63, 3.8) is 0 Å². The Labute approximate surface area is 423 Å². The molecule has 0 aliphatic rings. The Hall–Kier alpha value is -9.75. The molecule has 0 heterocycles. The Morgan fingerprint density at radius 2 is 0.514 bits per heavy atom. The summed E-state index contributed by atoms with van der Waals surface area (Å²) in [5, 5.41) is 28.7. The van der Waals surface area contributed by atoms with Crippen LogP contribution in [0.5, 0.6) is 0 Å². The van der Waals surface area contributed by atoms with Gasteiger partial charge in [-0.3, -0.25) is 0 Å². The highest BCUT2D eigenvalue weighted by atomic mass is 16.5. The molecule has 0 spiro atoms. The predicted molar refractivity (Wildman–Crippen MR) is 281 cm³/mol. The fourth-order valence-electron chi connectivity index (χ4n) is 7.12. The van der Waals surface area contributed by atoms with Gasteiger partial charge in [0, 0.05) is 16.7 Å². The summed E-state index contributed by atoms with van der Waals surface area (Å²) in [5.74, 6) is 40.2. The lowest BCUT2D eigenvalue weighted by atomic mass is 9.86. The summed E-state index contributed by atoms with van der Waals surface area (Å²) in [6.07, 6.45) is -0.733. The smallest absolute Gasteiger partial charge is 0.108 e. The number of rotatable bonds is 9. The van der Waals surface area contributed by atoms with Crippen molar-refractivity contribution in [3.05, 3.63) is 247 Å². The van der Waals surface area contributed by atoms with E-state index >= 15 is 0 Å². The number of benzene rings is 7. The van der Waals surface area contributed by atoms with Gasteiger partial charge in [-0.2, -0.15) is 15.8 Å². The minimum Gasteiger partial charge on any atom is -0.361 e. The van der Waals surface area contributed by atoms with Crippen LogP contribution in [-0.4, -0.2) is 19.8 Å². The largest absolute Gasteiger partial charge is 0.361 e. The normalized spacial score (nSPS) is 11.0. The lowest BCUT2D eigenvalue weighted by Gasteiger charge is -2.14. The fourth-order valence-corrected chi connectivity index (χ4v) is 7.12. The second-order valence-electron chi connectivity index (χ2n) is 16.1. The van der Waals surface area contributed by atoms with Crippen LogP contribution in [0.1, 0.15) is 123 Å². The molecule has 72 heavy (non-hydrogen) atoms. The van der Waals surface area contributed by atoms with E-state index in [-0.39, 0.29) is 38.1 Å². The summed E-state index contributed by atoms with van der Waals surface area (Å²) in [6, 6.07) is 57.2. The molecule has 342 valence electrons. The average molecular weight is 928 g/mol. The molecular formula is C66H45N3O3. The maximum absolute atomic E-state index is 9.56. The molecule has 0 unspecified atom stereocenters. The van der Waals surface area contributed by atoms with E-state index in [1.54, 1.807) is 72.8 Å². The van der Waals surface area contributed by atoms with Crippen LogP contribution in [0.3, 0.4) is 0 Å². The number of nitrogens with zero attached hydrogens (tertiary/aromatic N) is 3. The number of nitriles is 3. The molecule has 0 aliphatic carbocycles. The molecule has 6 nitrogen and oxygen atoms in total. The van der Waals surface area contributed by atoms with Crippen molar-refractivity contribution in [1.82, 2.24) is 0 Å². The van der Waals surface area contributed by atoms with Crippen molar-refractivity contribution in [2.45, 2.75) is 39.1 Å². The summed E-state index contributed by atoms with van der Waals surface area (Å²) < 4.78 is 18.8. The Morgan fingerprint density at radius 1 is 0.292 bits per heavy atom. The van der Waals surface area contributed by atoms with Crippen LogP contribution in [-0.2, 0) is 14.2 Å². The Bertz CT molecular complexity index is 3150. The second kappa shape index (κ2) is 26.1. The molecule has 0 N–H and O–H groups in total. The third-order valence-corrected chi connectivity index (χ3v) is 11.2. The van der Waals surface area contributed by atoms with Gasteiger partial charge < -0.3 is 14.2 Å². The van der Waals surface area contributed by atoms with E-state index in [1.807, 2.05) is 112 Å². The van der Waals surface area contributed by atoms with E-state index in [1.165, 1.54) is 0 Å². The van der Waals surface area contributed by atoms with Gasteiger partial charge in [0.1, 0.15) is 19.8 Å². The summed E-state index contributed by atoms with van der Waals surface area (Å²) in [7, 11) is 0. The highest BCUT2D eigenvalue weighted by Gasteiger charge is 2.21. The standard InChI is InChI=1S/C66H45N3O3/c1-49(58-16-7-4-8-17-58)70-43-13-22-61-64(40-37-52-25-31-55(46-67)32-26-52)62(23-14-44-71-50(2)59-18-9-5-10-19-59)66(42-39-54-29-35-57(48-69)36-30-54)63(24-15-45-72-51(3)60-20-11-6-12-21-60)65(61)41-38-53-27-33-56(47-68)34-28-53/h4-12,16-21,25-36,49-51H,43-45H2,1-3H3/t49-,50-,51-/m0/s1. The third-order valence-electron chi connectivity index (χ3n) is 11.2. The quantitative estimate of drug-likeness (QED) is 0.134. The summed E-state index contributed by atoms with van der Waals surface area (Å²) >= 11 is 0. The maximum atomic E-state index is 9.56. The van der Waals surface area contributed by atoms with Crippen molar-refractivity contribution < 1.29 is 14.2 Å². The fraction of sp³-hybridized carbons (Fsp3) is 0.136. The van der Waals surface area contributed by atoms with Crippen LogP contribution in [0.4, 0.5) is 0 Å². The van der Waals surface area contributed by atoms with Crippen molar-refractivity contribution in [1.29, 1.82) is 15.8 Å². The van der Waals surface area contributed by atoms with E-state index in [4.69, 9.17) is 14.2 Å². The van der Waals surface area contributed by atoms with Gasteiger partial charge in [0.15, 0.2) is 0 Å². The zero-order valence-electron chi connectivity index (χ0n) is 40.0. The molecule has 0 bridgehead atoms. The van der Waals surface area contributed by atoms with Gasteiger partial charge in [-0.1, -0.05) is 162 Å². The number of hydrogen-bond donors (Lipinski definition) is 0. The molecule has 6 heteroatoms. The first-order valence-electron chi connectivity index (χ1n) is 23.1. The molecule has 0 aromatic heterocycles. The SMILES string of the molecule is C[C@H](OCC#Cc1c(C#Cc2ccc(C#N)cc2)c(C#CCO[C@@H](C)c2ccccc2)c(C#Cc2ccc(C#N)cc2)c(C#CCO[C@@H](C)c2ccccc2)c1C#Cc1ccc(C#N)cc1)c1ccccc1. The van der Waals surface area contributed by atoms with Crippen LogP contribution in [0.15, 0.2) is 164 Å². The van der Waals surface area contributed by atoms with Gasteiger partial charge in [0.25, 0.3) is 0 Å². The lowest BCUT2D eigenvalue weighted by Crippen LogP contribution is -2.06. The van der Waals surface area contributed by atoms with Gasteiger partial charge in [-0.15, -0.1) is 0 Å². The van der Waals surface area contributed by atoms with Crippen molar-refractivity contribution in [2.75, 3.05) is 19.8 Å². The maximum Gasteiger partial charge on any atom is 0.108 e. The third kappa shape index (κ3) is 14.2. The minimum atomic E-state index is -0.244. The summed E-state index contributed by atoms with van der Waals surface area (Å²) in [6.45, 7) is 6.14. The number of hydrogen-bond acceptors (Lipinski definition) is 6. The molecular weight excluding hydrogens is 883 g/mol. The van der Waals surface area contributed by atoms with Crippen molar-refractivity contribution in [2.24, 2.45) is 0 Å². The van der Waals surface area contributed by atoms with Gasteiger partial charge in [0.2, 0.25) is 0 Å². The van der Waals surface area contributed by atoms with Crippen LogP contribution in [0, 0.1) is 105 Å². The highest BCUT2D eigenvalue weighted by Crippen LogP contribution is 2.28. The van der Waals surface area contributed by atoms with E-state index < -0.39 is 0 Å². The second-order valence-corrected chi connectivity index (χ2v) is 16.1. The van der Waals surface area contributed by atoms with Crippen LogP contribution >= 0.6 is 0 Å². The molecule has 0 amide bonds. The topological polar surface area (TPSA) is 99.1 Å². The Kier molecular flexibility index (Phi) is 18.2. The van der Waals surface area contributed by atoms with E-state index in [0.29, 0.717) is 66.8 Å². The molecule has 7 aromatic rings. The first-order chi connectivity index (χ1) is 35.3. The summed E-state index contributed by atoms with van der Waals surface area (Å²) in [5.41, 5.74) is 9.14. The van der Waals surface area contributed by atoms with E-state index in [2.05, 4.69) is 89.3 Å². The summed E-state index contributed by atoms with van der Waals surface area (Å²) in [4.78, 5) is 0. The molecule has 7 rings (SSSR count). The highest BCUT2D eigenvalue weighted by molar-refractivity contribution is 5.78. The first-order valence-corrected chi connectivity index (χ1v) is 23.1. The van der Waals surface area contributed by atoms with Gasteiger partial charge in [0.05, 0.1) is 86.6 Å². The van der Waals surface area contributed by atoms with Crippen LogP contribution in [0.25, 0.3) is 0 Å². The van der Waals surface area contributed by atoms with E-state index in [9.17, 15) is 15.8 Å². The number of ether oxygens (including phenoxy) is 3. The zero-order valence-corrected chi connectivity index (χ0v) is 40.0.